The molecule has 0 saturated heterocycles. The molecule has 0 unspecified atom stereocenters. The monoisotopic (exact) mass is 384 g/mol. The first kappa shape index (κ1) is 21.9. The van der Waals surface area contributed by atoms with Crippen molar-refractivity contribution in [3.8, 4) is 5.75 Å². The molecule has 0 aliphatic heterocycles. The second-order valence-corrected chi connectivity index (χ2v) is 6.59. The smallest absolute Gasteiger partial charge is 0.115 e. The number of aromatic hydroxyl groups is 1. The van der Waals surface area contributed by atoms with Gasteiger partial charge in [0, 0.05) is 20.0 Å². The minimum absolute atomic E-state index is 0.120. The van der Waals surface area contributed by atoms with Crippen LogP contribution in [0.1, 0.15) is 30.1 Å². The molecule has 0 fully saturated rings. The summed E-state index contributed by atoms with van der Waals surface area (Å²) in [5.41, 5.74) is 5.59. The Kier molecular flexibility index (Phi) is 9.49. The Balaban J connectivity index is 1.85. The van der Waals surface area contributed by atoms with Crippen molar-refractivity contribution in [3.05, 3.63) is 83.1 Å². The number of benzene rings is 2. The number of phenolic OH excluding ortho intramolecular Hbond substituents is 1. The molecule has 5 heteroatoms. The van der Waals surface area contributed by atoms with E-state index in [4.69, 9.17) is 9.47 Å². The van der Waals surface area contributed by atoms with Crippen LogP contribution in [0.3, 0.4) is 0 Å². The number of phenols is 1. The van der Waals surface area contributed by atoms with Gasteiger partial charge in [-0.15, -0.1) is 5.73 Å². The van der Waals surface area contributed by atoms with E-state index in [1.54, 1.807) is 31.4 Å². The Bertz CT molecular complexity index is 766. The fourth-order valence-corrected chi connectivity index (χ4v) is 2.75. The van der Waals surface area contributed by atoms with Gasteiger partial charge < -0.3 is 24.8 Å². The van der Waals surface area contributed by atoms with E-state index in [2.05, 4.69) is 5.73 Å². The lowest BCUT2D eigenvalue weighted by molar-refractivity contribution is 0.0273. The van der Waals surface area contributed by atoms with E-state index in [9.17, 15) is 15.3 Å². The molecule has 2 atom stereocenters. The highest BCUT2D eigenvalue weighted by molar-refractivity contribution is 5.28. The molecular weight excluding hydrogens is 356 g/mol. The van der Waals surface area contributed by atoms with Gasteiger partial charge in [0.25, 0.3) is 0 Å². The number of aliphatic hydroxyl groups excluding tert-OH is 2. The van der Waals surface area contributed by atoms with Crippen LogP contribution >= 0.6 is 0 Å². The van der Waals surface area contributed by atoms with E-state index >= 15 is 0 Å². The van der Waals surface area contributed by atoms with Crippen LogP contribution in [0, 0.1) is 0 Å². The molecular formula is C23H28O5. The summed E-state index contributed by atoms with van der Waals surface area (Å²) in [5.74, 6) is 0.120. The molecule has 5 nitrogen and oxygen atoms in total. The summed E-state index contributed by atoms with van der Waals surface area (Å²) >= 11 is 0. The second kappa shape index (κ2) is 12.1. The summed E-state index contributed by atoms with van der Waals surface area (Å²) in [6.07, 6.45) is 1.05. The third-order valence-corrected chi connectivity index (χ3v) is 4.12. The van der Waals surface area contributed by atoms with Crippen LogP contribution in [-0.2, 0) is 16.1 Å². The van der Waals surface area contributed by atoms with Gasteiger partial charge in [-0.25, -0.2) is 0 Å². The fourth-order valence-electron chi connectivity index (χ4n) is 2.75. The number of ether oxygens (including phenoxy) is 2. The van der Waals surface area contributed by atoms with Gasteiger partial charge in [0.1, 0.15) is 5.75 Å². The van der Waals surface area contributed by atoms with Gasteiger partial charge >= 0.3 is 0 Å². The lowest BCUT2D eigenvalue weighted by Crippen LogP contribution is -2.17. The number of hydrogen-bond donors (Lipinski definition) is 3. The van der Waals surface area contributed by atoms with E-state index in [-0.39, 0.29) is 12.4 Å². The highest BCUT2D eigenvalue weighted by atomic mass is 16.5. The van der Waals surface area contributed by atoms with Gasteiger partial charge in [-0.3, -0.25) is 0 Å². The Morgan fingerprint density at radius 1 is 1.11 bits per heavy atom. The van der Waals surface area contributed by atoms with Gasteiger partial charge in [0.2, 0.25) is 0 Å². The highest BCUT2D eigenvalue weighted by Crippen LogP contribution is 2.21. The summed E-state index contributed by atoms with van der Waals surface area (Å²) in [5, 5.41) is 29.9. The minimum atomic E-state index is -0.734. The van der Waals surface area contributed by atoms with Crippen LogP contribution in [0.5, 0.6) is 5.75 Å². The molecule has 3 N–H and O–H groups in total. The first-order valence-corrected chi connectivity index (χ1v) is 9.27. The SMILES string of the molecule is COCC(=C=CC[C@@H](O)c1cccc(O)c1)C[C@@H](O)COCc1ccccc1. The Morgan fingerprint density at radius 3 is 2.61 bits per heavy atom. The molecule has 0 aliphatic rings. The molecule has 0 radical (unpaired) electrons. The predicted octanol–water partition coefficient (Wildman–Crippen LogP) is 3.51. The normalized spacial score (nSPS) is 12.8. The molecule has 2 aromatic carbocycles. The van der Waals surface area contributed by atoms with Crippen LogP contribution in [0.4, 0.5) is 0 Å². The summed E-state index contributed by atoms with van der Waals surface area (Å²) in [7, 11) is 1.58. The lowest BCUT2D eigenvalue weighted by atomic mass is 10.1. The molecule has 2 aromatic rings. The summed E-state index contributed by atoms with van der Waals surface area (Å²) in [6, 6.07) is 16.3. The fraction of sp³-hybridized carbons (Fsp3) is 0.348. The van der Waals surface area contributed by atoms with Gasteiger partial charge in [-0.05, 0) is 34.9 Å². The van der Waals surface area contributed by atoms with Gasteiger partial charge in [-0.2, -0.15) is 0 Å². The molecule has 0 aliphatic carbocycles. The maximum atomic E-state index is 10.2. The average Bonchev–Trinajstić information content (AvgIpc) is 2.69. The van der Waals surface area contributed by atoms with E-state index in [1.165, 1.54) is 6.07 Å². The number of methoxy groups -OCH3 is 1. The zero-order valence-electron chi connectivity index (χ0n) is 16.1. The van der Waals surface area contributed by atoms with Crippen LogP contribution in [0.2, 0.25) is 0 Å². The Morgan fingerprint density at radius 2 is 1.89 bits per heavy atom. The Hall–Kier alpha value is -2.40. The van der Waals surface area contributed by atoms with Gasteiger partial charge in [0.05, 0.1) is 32.0 Å². The van der Waals surface area contributed by atoms with Crippen LogP contribution in [0.25, 0.3) is 0 Å². The molecule has 150 valence electrons. The maximum absolute atomic E-state index is 10.2. The van der Waals surface area contributed by atoms with E-state index in [0.29, 0.717) is 31.6 Å². The quantitative estimate of drug-likeness (QED) is 0.517. The lowest BCUT2D eigenvalue weighted by Gasteiger charge is -2.12. The maximum Gasteiger partial charge on any atom is 0.115 e. The van der Waals surface area contributed by atoms with Crippen LogP contribution < -0.4 is 0 Å². The first-order chi connectivity index (χ1) is 13.6. The average molecular weight is 384 g/mol. The second-order valence-electron chi connectivity index (χ2n) is 6.59. The first-order valence-electron chi connectivity index (χ1n) is 9.27. The third kappa shape index (κ3) is 8.09. The summed E-state index contributed by atoms with van der Waals surface area (Å²) in [4.78, 5) is 0. The molecule has 0 aromatic heterocycles. The minimum Gasteiger partial charge on any atom is -0.508 e. The number of hydrogen-bond acceptors (Lipinski definition) is 5. The van der Waals surface area contributed by atoms with Gasteiger partial charge in [0.15, 0.2) is 0 Å². The van der Waals surface area contributed by atoms with Crippen LogP contribution in [0.15, 0.2) is 72.0 Å². The Labute approximate surface area is 166 Å². The van der Waals surface area contributed by atoms with Crippen molar-refractivity contribution in [2.75, 3.05) is 20.3 Å². The predicted molar refractivity (Wildman–Crippen MR) is 108 cm³/mol. The third-order valence-electron chi connectivity index (χ3n) is 4.12. The largest absolute Gasteiger partial charge is 0.508 e. The van der Waals surface area contributed by atoms with Crippen LogP contribution in [-0.4, -0.2) is 41.7 Å². The van der Waals surface area contributed by atoms with Crippen molar-refractivity contribution in [1.82, 2.24) is 0 Å². The number of aliphatic hydroxyl groups is 2. The van der Waals surface area contributed by atoms with Crippen molar-refractivity contribution < 1.29 is 24.8 Å². The zero-order valence-corrected chi connectivity index (χ0v) is 16.1. The molecule has 0 bridgehead atoms. The van der Waals surface area contributed by atoms with E-state index in [0.717, 1.165) is 11.1 Å². The van der Waals surface area contributed by atoms with Crippen molar-refractivity contribution in [1.29, 1.82) is 0 Å². The van der Waals surface area contributed by atoms with E-state index in [1.807, 2.05) is 30.3 Å². The summed E-state index contributed by atoms with van der Waals surface area (Å²) < 4.78 is 10.7. The molecule has 0 amide bonds. The highest BCUT2D eigenvalue weighted by Gasteiger charge is 2.09. The standard InChI is InChI=1S/C23H28O5/c1-27-15-19(9-5-12-23(26)20-10-6-11-21(24)14-20)13-22(25)17-28-16-18-7-3-2-4-8-18/h2-8,10-11,14,22-26H,12-13,15-17H2,1H3/t9?,22-,23-/m1/s1. The molecule has 0 heterocycles. The zero-order chi connectivity index (χ0) is 20.2. The number of rotatable bonds is 11. The van der Waals surface area contributed by atoms with E-state index < -0.39 is 12.2 Å². The molecule has 28 heavy (non-hydrogen) atoms. The van der Waals surface area contributed by atoms with Crippen molar-refractivity contribution in [3.63, 3.8) is 0 Å². The molecule has 0 saturated carbocycles. The van der Waals surface area contributed by atoms with Crippen molar-refractivity contribution >= 4 is 0 Å². The van der Waals surface area contributed by atoms with Crippen molar-refractivity contribution in [2.24, 2.45) is 0 Å². The topological polar surface area (TPSA) is 79.2 Å². The van der Waals surface area contributed by atoms with Crippen molar-refractivity contribution in [2.45, 2.75) is 31.7 Å². The van der Waals surface area contributed by atoms with Gasteiger partial charge in [-0.1, -0.05) is 42.5 Å². The molecule has 2 rings (SSSR count). The summed E-state index contributed by atoms with van der Waals surface area (Å²) in [6.45, 7) is 1.01. The molecule has 0 spiro atoms.